The lowest BCUT2D eigenvalue weighted by molar-refractivity contribution is -0.123. The first-order valence-electron chi connectivity index (χ1n) is 7.36. The zero-order chi connectivity index (χ0) is 15.2. The normalized spacial score (nSPS) is 14.7. The van der Waals surface area contributed by atoms with Crippen LogP contribution in [0.1, 0.15) is 39.7 Å². The monoisotopic (exact) mass is 276 g/mol. The predicted octanol–water partition coefficient (Wildman–Crippen LogP) is 2.74. The highest BCUT2D eigenvalue weighted by Gasteiger charge is 2.23. The Balaban J connectivity index is 2.50. The number of nitrogens with one attached hydrogen (secondary N) is 1. The van der Waals surface area contributed by atoms with E-state index in [0.717, 1.165) is 6.42 Å². The Hall–Kier alpha value is -1.35. The second-order valence-electron chi connectivity index (χ2n) is 6.66. The average Bonchev–Trinajstić information content (AvgIpc) is 2.37. The van der Waals surface area contributed by atoms with E-state index in [9.17, 15) is 4.79 Å². The van der Waals surface area contributed by atoms with Crippen molar-refractivity contribution in [2.24, 2.45) is 17.1 Å². The fourth-order valence-corrected chi connectivity index (χ4v) is 1.96. The molecular weight excluding hydrogens is 248 g/mol. The van der Waals surface area contributed by atoms with Crippen LogP contribution in [0.25, 0.3) is 0 Å². The minimum absolute atomic E-state index is 0.0112. The molecule has 1 rings (SSSR count). The summed E-state index contributed by atoms with van der Waals surface area (Å²) in [5, 5.41) is 3.05. The lowest BCUT2D eigenvalue weighted by atomic mass is 9.80. The summed E-state index contributed by atoms with van der Waals surface area (Å²) in [5.74, 6) is 0.441. The molecule has 3 heteroatoms. The zero-order valence-electron chi connectivity index (χ0n) is 13.1. The molecule has 0 heterocycles. The molecule has 3 N–H and O–H groups in total. The van der Waals surface area contributed by atoms with Crippen LogP contribution in [0.3, 0.4) is 0 Å². The third-order valence-electron chi connectivity index (χ3n) is 3.94. The van der Waals surface area contributed by atoms with Crippen LogP contribution in [-0.2, 0) is 11.2 Å². The minimum atomic E-state index is 0.0112. The Morgan fingerprint density at radius 2 is 1.85 bits per heavy atom. The lowest BCUT2D eigenvalue weighted by Gasteiger charge is -2.27. The predicted molar refractivity (Wildman–Crippen MR) is 84.4 cm³/mol. The van der Waals surface area contributed by atoms with Crippen molar-refractivity contribution < 1.29 is 4.79 Å². The van der Waals surface area contributed by atoms with Gasteiger partial charge in [0.05, 0.1) is 0 Å². The third kappa shape index (κ3) is 5.74. The van der Waals surface area contributed by atoms with Crippen molar-refractivity contribution in [3.05, 3.63) is 35.9 Å². The van der Waals surface area contributed by atoms with Crippen molar-refractivity contribution in [3.8, 4) is 0 Å². The van der Waals surface area contributed by atoms with Crippen molar-refractivity contribution in [1.82, 2.24) is 5.32 Å². The fourth-order valence-electron chi connectivity index (χ4n) is 1.96. The molecule has 1 amide bonds. The van der Waals surface area contributed by atoms with Gasteiger partial charge in [0.15, 0.2) is 0 Å². The van der Waals surface area contributed by atoms with Crippen LogP contribution in [0.15, 0.2) is 30.3 Å². The van der Waals surface area contributed by atoms with Crippen molar-refractivity contribution in [2.75, 3.05) is 6.54 Å². The SMILES string of the molecule is CC(CC(=O)NC(CN)Cc1ccccc1)C(C)(C)C. The van der Waals surface area contributed by atoms with Crippen LogP contribution < -0.4 is 11.1 Å². The van der Waals surface area contributed by atoms with Gasteiger partial charge in [-0.05, 0) is 23.3 Å². The zero-order valence-corrected chi connectivity index (χ0v) is 13.1. The van der Waals surface area contributed by atoms with Gasteiger partial charge in [0.1, 0.15) is 0 Å². The van der Waals surface area contributed by atoms with Crippen molar-refractivity contribution in [3.63, 3.8) is 0 Å². The van der Waals surface area contributed by atoms with Crippen LogP contribution in [0.5, 0.6) is 0 Å². The number of hydrogen-bond donors (Lipinski definition) is 2. The molecule has 2 atom stereocenters. The maximum absolute atomic E-state index is 12.1. The number of carbonyl (C=O) groups is 1. The maximum Gasteiger partial charge on any atom is 0.220 e. The summed E-state index contributed by atoms with van der Waals surface area (Å²) in [5.41, 5.74) is 7.12. The molecule has 0 bridgehead atoms. The Morgan fingerprint density at radius 1 is 1.25 bits per heavy atom. The number of benzene rings is 1. The highest BCUT2D eigenvalue weighted by Crippen LogP contribution is 2.27. The highest BCUT2D eigenvalue weighted by molar-refractivity contribution is 5.76. The molecule has 0 aromatic heterocycles. The van der Waals surface area contributed by atoms with Gasteiger partial charge in [0.25, 0.3) is 0 Å². The van der Waals surface area contributed by atoms with Crippen molar-refractivity contribution in [2.45, 2.75) is 46.6 Å². The molecule has 3 nitrogen and oxygen atoms in total. The molecule has 0 spiro atoms. The van der Waals surface area contributed by atoms with Gasteiger partial charge >= 0.3 is 0 Å². The molecule has 1 aromatic rings. The van der Waals surface area contributed by atoms with E-state index in [1.54, 1.807) is 0 Å². The van der Waals surface area contributed by atoms with Gasteiger partial charge in [-0.1, -0.05) is 58.0 Å². The number of amides is 1. The second-order valence-corrected chi connectivity index (χ2v) is 6.66. The largest absolute Gasteiger partial charge is 0.352 e. The molecule has 0 fully saturated rings. The molecule has 20 heavy (non-hydrogen) atoms. The van der Waals surface area contributed by atoms with Crippen LogP contribution in [0.2, 0.25) is 0 Å². The molecule has 0 saturated heterocycles. The maximum atomic E-state index is 12.1. The average molecular weight is 276 g/mol. The van der Waals surface area contributed by atoms with E-state index in [4.69, 9.17) is 5.73 Å². The lowest BCUT2D eigenvalue weighted by Crippen LogP contribution is -2.42. The van der Waals surface area contributed by atoms with E-state index in [-0.39, 0.29) is 17.4 Å². The van der Waals surface area contributed by atoms with Gasteiger partial charge in [-0.25, -0.2) is 0 Å². The van der Waals surface area contributed by atoms with Gasteiger partial charge in [-0.15, -0.1) is 0 Å². The van der Waals surface area contributed by atoms with Gasteiger partial charge in [-0.3, -0.25) is 4.79 Å². The van der Waals surface area contributed by atoms with Crippen LogP contribution in [0.4, 0.5) is 0 Å². The Labute approximate surface area is 122 Å². The Kier molecular flexibility index (Phi) is 6.21. The topological polar surface area (TPSA) is 55.1 Å². The summed E-state index contributed by atoms with van der Waals surface area (Å²) in [6.45, 7) is 9.07. The van der Waals surface area contributed by atoms with Gasteiger partial charge < -0.3 is 11.1 Å². The molecule has 112 valence electrons. The minimum Gasteiger partial charge on any atom is -0.352 e. The molecule has 0 radical (unpaired) electrons. The quantitative estimate of drug-likeness (QED) is 0.839. The molecule has 0 aliphatic heterocycles. The van der Waals surface area contributed by atoms with E-state index >= 15 is 0 Å². The van der Waals surface area contributed by atoms with Gasteiger partial charge in [0.2, 0.25) is 5.91 Å². The summed E-state index contributed by atoms with van der Waals surface area (Å²) >= 11 is 0. The molecule has 0 aliphatic rings. The van der Waals surface area contributed by atoms with Crippen LogP contribution >= 0.6 is 0 Å². The summed E-state index contributed by atoms with van der Waals surface area (Å²) in [7, 11) is 0. The number of nitrogens with two attached hydrogens (primary N) is 1. The first-order valence-corrected chi connectivity index (χ1v) is 7.36. The second kappa shape index (κ2) is 7.44. The summed E-state index contributed by atoms with van der Waals surface area (Å²) in [4.78, 5) is 12.1. The molecule has 0 aliphatic carbocycles. The molecular formula is C17H28N2O. The first-order chi connectivity index (χ1) is 9.32. The molecule has 1 aromatic carbocycles. The standard InChI is InChI=1S/C17H28N2O/c1-13(17(2,3)4)10-16(20)19-15(12-18)11-14-8-6-5-7-9-14/h5-9,13,15H,10-12,18H2,1-4H3,(H,19,20). The fraction of sp³-hybridized carbons (Fsp3) is 0.588. The van der Waals surface area contributed by atoms with Gasteiger partial charge in [0, 0.05) is 19.0 Å². The van der Waals surface area contributed by atoms with E-state index in [1.807, 2.05) is 18.2 Å². The summed E-state index contributed by atoms with van der Waals surface area (Å²) < 4.78 is 0. The molecule has 0 saturated carbocycles. The smallest absolute Gasteiger partial charge is 0.220 e. The number of rotatable bonds is 6. The van der Waals surface area contributed by atoms with E-state index in [0.29, 0.717) is 18.9 Å². The van der Waals surface area contributed by atoms with Crippen LogP contribution in [-0.4, -0.2) is 18.5 Å². The Morgan fingerprint density at radius 3 is 2.35 bits per heavy atom. The third-order valence-corrected chi connectivity index (χ3v) is 3.94. The first kappa shape index (κ1) is 16.7. The van der Waals surface area contributed by atoms with Gasteiger partial charge in [-0.2, -0.15) is 0 Å². The molecule has 2 unspecified atom stereocenters. The highest BCUT2D eigenvalue weighted by atomic mass is 16.1. The number of hydrogen-bond acceptors (Lipinski definition) is 2. The Bertz CT molecular complexity index is 409. The summed E-state index contributed by atoms with van der Waals surface area (Å²) in [6.07, 6.45) is 1.34. The van der Waals surface area contributed by atoms with E-state index < -0.39 is 0 Å². The van der Waals surface area contributed by atoms with E-state index in [2.05, 4.69) is 45.1 Å². The van der Waals surface area contributed by atoms with Crippen molar-refractivity contribution >= 4 is 5.91 Å². The number of carbonyl (C=O) groups excluding carboxylic acids is 1. The van der Waals surface area contributed by atoms with Crippen molar-refractivity contribution in [1.29, 1.82) is 0 Å². The van der Waals surface area contributed by atoms with E-state index in [1.165, 1.54) is 5.56 Å². The summed E-state index contributed by atoms with van der Waals surface area (Å²) in [6, 6.07) is 10.1. The van der Waals surface area contributed by atoms with Crippen LogP contribution in [0, 0.1) is 11.3 Å².